The summed E-state index contributed by atoms with van der Waals surface area (Å²) in [5.41, 5.74) is 0.716. The Morgan fingerprint density at radius 2 is 2.12 bits per heavy atom. The lowest BCUT2D eigenvalue weighted by Gasteiger charge is -1.99. The molecule has 0 radical (unpaired) electrons. The van der Waals surface area contributed by atoms with Gasteiger partial charge in [-0.1, -0.05) is 16.8 Å². The van der Waals surface area contributed by atoms with Gasteiger partial charge in [-0.3, -0.25) is 0 Å². The number of furan rings is 1. The molecule has 7 nitrogen and oxygen atoms in total. The number of rotatable bonds is 5. The Balaban J connectivity index is 1.70. The number of pyridine rings is 1. The fraction of sp³-hybridized carbons (Fsp3) is 0.0588. The van der Waals surface area contributed by atoms with Crippen LogP contribution in [0.3, 0.4) is 0 Å². The van der Waals surface area contributed by atoms with Gasteiger partial charge in [-0.05, 0) is 35.7 Å². The zero-order valence-electron chi connectivity index (χ0n) is 13.3. The number of carbonyl (C=O) groups is 2. The number of nitrogens with zero attached hydrogens (tertiary/aromatic N) is 2. The maximum atomic E-state index is 11.9. The van der Waals surface area contributed by atoms with Crippen LogP contribution in [0.2, 0.25) is 5.15 Å². The van der Waals surface area contributed by atoms with Gasteiger partial charge in [0.15, 0.2) is 0 Å². The van der Waals surface area contributed by atoms with Crippen molar-refractivity contribution in [3.05, 3.63) is 63.3 Å². The van der Waals surface area contributed by atoms with Gasteiger partial charge < -0.3 is 14.0 Å². The minimum atomic E-state index is -0.739. The minimum Gasteiger partial charge on any atom is -0.465 e. The summed E-state index contributed by atoms with van der Waals surface area (Å²) < 4.78 is 10.3. The second-order valence-corrected chi connectivity index (χ2v) is 6.09. The maximum absolute atomic E-state index is 11.9. The standard InChI is InChI=1S/C17H11ClN2O5S/c1-23-17(22)14-11(6-8-26-14)13-5-4-10(24-13)9-20-25-16(21)12-3-2-7-19-15(12)18/h2-9H,1H3/b20-9+. The van der Waals surface area contributed by atoms with E-state index in [1.54, 1.807) is 29.6 Å². The number of halogens is 1. The Bertz CT molecular complexity index is 979. The third kappa shape index (κ3) is 3.81. The van der Waals surface area contributed by atoms with Gasteiger partial charge in [0.2, 0.25) is 0 Å². The summed E-state index contributed by atoms with van der Waals surface area (Å²) in [5, 5.41) is 5.37. The molecular formula is C17H11ClN2O5S. The van der Waals surface area contributed by atoms with Crippen molar-refractivity contribution in [3.63, 3.8) is 0 Å². The monoisotopic (exact) mass is 390 g/mol. The Morgan fingerprint density at radius 1 is 1.27 bits per heavy atom. The number of thiophene rings is 1. The molecular weight excluding hydrogens is 380 g/mol. The topological polar surface area (TPSA) is 91.0 Å². The highest BCUT2D eigenvalue weighted by Gasteiger charge is 2.17. The van der Waals surface area contributed by atoms with Gasteiger partial charge in [-0.2, -0.15) is 0 Å². The molecule has 0 saturated carbocycles. The number of aromatic nitrogens is 1. The molecule has 0 saturated heterocycles. The molecule has 0 aliphatic carbocycles. The molecule has 0 fully saturated rings. The lowest BCUT2D eigenvalue weighted by Crippen LogP contribution is -2.02. The third-order valence-electron chi connectivity index (χ3n) is 3.22. The number of oxime groups is 1. The van der Waals surface area contributed by atoms with Crippen molar-refractivity contribution >= 4 is 41.1 Å². The van der Waals surface area contributed by atoms with Crippen molar-refractivity contribution in [3.8, 4) is 11.3 Å². The molecule has 0 N–H and O–H groups in total. The first-order chi connectivity index (χ1) is 12.6. The van der Waals surface area contributed by atoms with Crippen LogP contribution in [0.5, 0.6) is 0 Å². The van der Waals surface area contributed by atoms with Gasteiger partial charge in [0.1, 0.15) is 27.8 Å². The summed E-state index contributed by atoms with van der Waals surface area (Å²) in [6.45, 7) is 0. The maximum Gasteiger partial charge on any atom is 0.368 e. The number of hydrogen-bond donors (Lipinski definition) is 0. The first kappa shape index (κ1) is 17.8. The molecule has 3 heterocycles. The molecule has 0 bridgehead atoms. The molecule has 0 aliphatic rings. The van der Waals surface area contributed by atoms with Crippen molar-refractivity contribution in [2.24, 2.45) is 5.16 Å². The molecule has 9 heteroatoms. The van der Waals surface area contributed by atoms with Crippen LogP contribution < -0.4 is 0 Å². The van der Waals surface area contributed by atoms with Crippen LogP contribution in [0.4, 0.5) is 0 Å². The van der Waals surface area contributed by atoms with E-state index in [0.717, 1.165) is 0 Å². The van der Waals surface area contributed by atoms with Gasteiger partial charge in [0.25, 0.3) is 0 Å². The molecule has 26 heavy (non-hydrogen) atoms. The third-order valence-corrected chi connectivity index (χ3v) is 4.42. The van der Waals surface area contributed by atoms with E-state index < -0.39 is 11.9 Å². The molecule has 3 rings (SSSR count). The molecule has 0 aromatic carbocycles. The van der Waals surface area contributed by atoms with Gasteiger partial charge in [0, 0.05) is 11.8 Å². The lowest BCUT2D eigenvalue weighted by atomic mass is 10.2. The number of carbonyl (C=O) groups excluding carboxylic acids is 2. The van der Waals surface area contributed by atoms with E-state index >= 15 is 0 Å². The van der Waals surface area contributed by atoms with E-state index in [0.29, 0.717) is 22.0 Å². The van der Waals surface area contributed by atoms with E-state index in [1.807, 2.05) is 0 Å². The molecule has 0 spiro atoms. The van der Waals surface area contributed by atoms with Crippen LogP contribution in [-0.4, -0.2) is 30.2 Å². The van der Waals surface area contributed by atoms with Crippen molar-refractivity contribution < 1.29 is 23.6 Å². The van der Waals surface area contributed by atoms with E-state index in [4.69, 9.17) is 25.6 Å². The Morgan fingerprint density at radius 3 is 2.88 bits per heavy atom. The Kier molecular flexibility index (Phi) is 5.45. The second kappa shape index (κ2) is 7.94. The zero-order chi connectivity index (χ0) is 18.5. The van der Waals surface area contributed by atoms with Crippen molar-refractivity contribution in [1.82, 2.24) is 4.98 Å². The summed E-state index contributed by atoms with van der Waals surface area (Å²) in [6.07, 6.45) is 2.69. The lowest BCUT2D eigenvalue weighted by molar-refractivity contribution is 0.0517. The van der Waals surface area contributed by atoms with Gasteiger partial charge in [-0.25, -0.2) is 14.6 Å². The molecule has 0 aliphatic heterocycles. The van der Waals surface area contributed by atoms with Crippen molar-refractivity contribution in [2.45, 2.75) is 0 Å². The highest BCUT2D eigenvalue weighted by molar-refractivity contribution is 7.12. The summed E-state index contributed by atoms with van der Waals surface area (Å²) in [7, 11) is 1.31. The minimum absolute atomic E-state index is 0.0285. The molecule has 0 atom stereocenters. The summed E-state index contributed by atoms with van der Waals surface area (Å²) in [6, 6.07) is 8.09. The molecule has 0 unspecified atom stereocenters. The highest BCUT2D eigenvalue weighted by atomic mass is 35.5. The number of hydrogen-bond acceptors (Lipinski definition) is 8. The van der Waals surface area contributed by atoms with E-state index in [-0.39, 0.29) is 10.7 Å². The highest BCUT2D eigenvalue weighted by Crippen LogP contribution is 2.30. The SMILES string of the molecule is COC(=O)c1sccc1-c1ccc(/C=N/OC(=O)c2cccnc2Cl)o1. The summed E-state index contributed by atoms with van der Waals surface area (Å²) in [5.74, 6) is -0.373. The van der Waals surface area contributed by atoms with Crippen LogP contribution in [0.25, 0.3) is 11.3 Å². The fourth-order valence-electron chi connectivity index (χ4n) is 2.03. The van der Waals surface area contributed by atoms with E-state index in [9.17, 15) is 9.59 Å². The van der Waals surface area contributed by atoms with E-state index in [2.05, 4.69) is 10.1 Å². The van der Waals surface area contributed by atoms with Crippen LogP contribution in [-0.2, 0) is 9.57 Å². The predicted octanol–water partition coefficient (Wildman–Crippen LogP) is 4.03. The van der Waals surface area contributed by atoms with Crippen LogP contribution in [0.15, 0.2) is 51.5 Å². The summed E-state index contributed by atoms with van der Waals surface area (Å²) >= 11 is 7.06. The predicted molar refractivity (Wildman–Crippen MR) is 95.6 cm³/mol. The number of methoxy groups -OCH3 is 1. The zero-order valence-corrected chi connectivity index (χ0v) is 14.9. The normalized spacial score (nSPS) is 10.8. The number of esters is 1. The van der Waals surface area contributed by atoms with Gasteiger partial charge >= 0.3 is 11.9 Å². The van der Waals surface area contributed by atoms with Gasteiger partial charge in [-0.15, -0.1) is 11.3 Å². The largest absolute Gasteiger partial charge is 0.465 e. The quantitative estimate of drug-likeness (QED) is 0.215. The average molecular weight is 391 g/mol. The molecule has 3 aromatic rings. The van der Waals surface area contributed by atoms with E-state index in [1.165, 1.54) is 36.9 Å². The second-order valence-electron chi connectivity index (χ2n) is 4.81. The smallest absolute Gasteiger partial charge is 0.368 e. The molecule has 3 aromatic heterocycles. The molecule has 132 valence electrons. The molecule has 0 amide bonds. The van der Waals surface area contributed by atoms with Crippen molar-refractivity contribution in [2.75, 3.05) is 7.11 Å². The first-order valence-electron chi connectivity index (χ1n) is 7.21. The fourth-order valence-corrected chi connectivity index (χ4v) is 3.05. The summed E-state index contributed by atoms with van der Waals surface area (Å²) in [4.78, 5) is 32.6. The van der Waals surface area contributed by atoms with Crippen LogP contribution in [0.1, 0.15) is 25.8 Å². The van der Waals surface area contributed by atoms with Gasteiger partial charge in [0.05, 0.1) is 12.7 Å². The average Bonchev–Trinajstić information content (AvgIpc) is 3.30. The van der Waals surface area contributed by atoms with Crippen molar-refractivity contribution in [1.29, 1.82) is 0 Å². The Hall–Kier alpha value is -2.97. The van der Waals surface area contributed by atoms with Crippen LogP contribution in [0, 0.1) is 0 Å². The first-order valence-corrected chi connectivity index (χ1v) is 8.47. The Labute approximate surface area is 156 Å². The number of ether oxygens (including phenoxy) is 1. The van der Waals surface area contributed by atoms with Crippen LogP contribution >= 0.6 is 22.9 Å².